The van der Waals surface area contributed by atoms with Crippen LogP contribution in [0.1, 0.15) is 17.0 Å². The Morgan fingerprint density at radius 3 is 2.85 bits per heavy atom. The highest BCUT2D eigenvalue weighted by Crippen LogP contribution is 2.21. The Labute approximate surface area is 116 Å². The summed E-state index contributed by atoms with van der Waals surface area (Å²) in [5, 5.41) is 4.02. The number of aryl methyl sites for hydroxylation is 1. The fraction of sp³-hybridized carbons (Fsp3) is 0.133. The van der Waals surface area contributed by atoms with E-state index in [0.717, 1.165) is 22.4 Å². The average molecular weight is 266 g/mol. The lowest BCUT2D eigenvalue weighted by atomic mass is 10.1. The predicted molar refractivity (Wildman–Crippen MR) is 75.9 cm³/mol. The van der Waals surface area contributed by atoms with Crippen molar-refractivity contribution >= 4 is 5.69 Å². The van der Waals surface area contributed by atoms with Gasteiger partial charge in [-0.15, -0.1) is 0 Å². The quantitative estimate of drug-likeness (QED) is 0.737. The van der Waals surface area contributed by atoms with Crippen molar-refractivity contribution in [3.63, 3.8) is 0 Å². The van der Waals surface area contributed by atoms with E-state index in [4.69, 9.17) is 10.3 Å². The number of para-hydroxylation sites is 1. The molecule has 0 bridgehead atoms. The van der Waals surface area contributed by atoms with E-state index >= 15 is 0 Å². The smallest absolute Gasteiger partial charge is 0.231 e. The van der Waals surface area contributed by atoms with Gasteiger partial charge in [-0.3, -0.25) is 4.98 Å². The molecular weight excluding hydrogens is 252 g/mol. The van der Waals surface area contributed by atoms with E-state index in [1.54, 1.807) is 12.4 Å². The molecule has 0 aliphatic heterocycles. The summed E-state index contributed by atoms with van der Waals surface area (Å²) in [6.45, 7) is 1.97. The molecule has 2 N–H and O–H groups in total. The first kappa shape index (κ1) is 12.3. The van der Waals surface area contributed by atoms with Gasteiger partial charge in [0.25, 0.3) is 0 Å². The molecule has 0 spiro atoms. The van der Waals surface area contributed by atoms with Crippen LogP contribution in [0.25, 0.3) is 11.4 Å². The van der Waals surface area contributed by atoms with Crippen LogP contribution >= 0.6 is 0 Å². The summed E-state index contributed by atoms with van der Waals surface area (Å²) < 4.78 is 5.30. The van der Waals surface area contributed by atoms with E-state index in [1.807, 2.05) is 37.3 Å². The zero-order valence-electron chi connectivity index (χ0n) is 11.1. The highest BCUT2D eigenvalue weighted by Gasteiger charge is 2.12. The van der Waals surface area contributed by atoms with E-state index in [9.17, 15) is 0 Å². The van der Waals surface area contributed by atoms with Crippen LogP contribution in [0.3, 0.4) is 0 Å². The van der Waals surface area contributed by atoms with Crippen molar-refractivity contribution in [3.8, 4) is 11.4 Å². The molecule has 0 atom stereocenters. The molecule has 0 unspecified atom stereocenters. The first-order chi connectivity index (χ1) is 9.74. The number of anilines is 1. The highest BCUT2D eigenvalue weighted by molar-refractivity contribution is 5.58. The third-order valence-corrected chi connectivity index (χ3v) is 3.13. The Bertz CT molecular complexity index is 736. The normalized spacial score (nSPS) is 10.7. The van der Waals surface area contributed by atoms with E-state index in [-0.39, 0.29) is 0 Å². The van der Waals surface area contributed by atoms with Crippen molar-refractivity contribution < 1.29 is 4.52 Å². The lowest BCUT2D eigenvalue weighted by Crippen LogP contribution is -1.95. The largest absolute Gasteiger partial charge is 0.398 e. The number of rotatable bonds is 3. The molecule has 0 radical (unpaired) electrons. The maximum Gasteiger partial charge on any atom is 0.231 e. The van der Waals surface area contributed by atoms with E-state index in [0.29, 0.717) is 18.1 Å². The highest BCUT2D eigenvalue weighted by atomic mass is 16.5. The first-order valence-electron chi connectivity index (χ1n) is 6.31. The van der Waals surface area contributed by atoms with Gasteiger partial charge in [-0.2, -0.15) is 4.98 Å². The number of hydrogen-bond donors (Lipinski definition) is 1. The predicted octanol–water partition coefficient (Wildman–Crippen LogP) is 2.61. The van der Waals surface area contributed by atoms with Gasteiger partial charge < -0.3 is 10.3 Å². The molecule has 5 heteroatoms. The Hall–Kier alpha value is -2.69. The zero-order valence-corrected chi connectivity index (χ0v) is 11.1. The van der Waals surface area contributed by atoms with Gasteiger partial charge in [0.15, 0.2) is 0 Å². The maximum atomic E-state index is 5.91. The molecule has 100 valence electrons. The van der Waals surface area contributed by atoms with E-state index in [1.165, 1.54) is 0 Å². The van der Waals surface area contributed by atoms with E-state index in [2.05, 4.69) is 15.1 Å². The minimum atomic E-state index is 0.532. The SMILES string of the molecule is Cc1cnccc1-c1noc(Cc2ccccc2N)n1. The number of pyridine rings is 1. The van der Waals surface area contributed by atoms with Crippen molar-refractivity contribution in [2.45, 2.75) is 13.3 Å². The monoisotopic (exact) mass is 266 g/mol. The zero-order chi connectivity index (χ0) is 13.9. The van der Waals surface area contributed by atoms with Crippen molar-refractivity contribution in [1.29, 1.82) is 0 Å². The van der Waals surface area contributed by atoms with Crippen LogP contribution in [0.5, 0.6) is 0 Å². The molecule has 2 aromatic heterocycles. The van der Waals surface area contributed by atoms with Gasteiger partial charge in [-0.05, 0) is 30.2 Å². The van der Waals surface area contributed by atoms with Crippen LogP contribution in [0, 0.1) is 6.92 Å². The minimum Gasteiger partial charge on any atom is -0.398 e. The van der Waals surface area contributed by atoms with Gasteiger partial charge in [0, 0.05) is 23.6 Å². The number of hydrogen-bond acceptors (Lipinski definition) is 5. The molecule has 1 aromatic carbocycles. The molecule has 5 nitrogen and oxygen atoms in total. The number of benzene rings is 1. The second kappa shape index (κ2) is 5.13. The molecule has 0 fully saturated rings. The van der Waals surface area contributed by atoms with Gasteiger partial charge in [0.05, 0.1) is 6.42 Å². The van der Waals surface area contributed by atoms with Crippen LogP contribution < -0.4 is 5.73 Å². The average Bonchev–Trinajstić information content (AvgIpc) is 2.90. The Morgan fingerprint density at radius 1 is 1.20 bits per heavy atom. The van der Waals surface area contributed by atoms with Gasteiger partial charge in [0.2, 0.25) is 11.7 Å². The van der Waals surface area contributed by atoms with Gasteiger partial charge in [-0.25, -0.2) is 0 Å². The van der Waals surface area contributed by atoms with Crippen LogP contribution in [-0.2, 0) is 6.42 Å². The lowest BCUT2D eigenvalue weighted by Gasteiger charge is -2.00. The van der Waals surface area contributed by atoms with Crippen LogP contribution in [-0.4, -0.2) is 15.1 Å². The third-order valence-electron chi connectivity index (χ3n) is 3.13. The molecule has 0 amide bonds. The number of nitrogens with zero attached hydrogens (tertiary/aromatic N) is 3. The van der Waals surface area contributed by atoms with Crippen LogP contribution in [0.4, 0.5) is 5.69 Å². The minimum absolute atomic E-state index is 0.532. The number of nitrogens with two attached hydrogens (primary N) is 1. The second-order valence-electron chi connectivity index (χ2n) is 4.58. The molecule has 2 heterocycles. The molecule has 3 aromatic rings. The molecule has 3 rings (SSSR count). The summed E-state index contributed by atoms with van der Waals surface area (Å²) in [6, 6.07) is 9.53. The van der Waals surface area contributed by atoms with Crippen molar-refractivity contribution in [3.05, 3.63) is 59.7 Å². The molecule has 0 aliphatic carbocycles. The summed E-state index contributed by atoms with van der Waals surface area (Å²) in [6.07, 6.45) is 4.03. The molecule has 0 aliphatic rings. The first-order valence-corrected chi connectivity index (χ1v) is 6.31. The summed E-state index contributed by atoms with van der Waals surface area (Å²) >= 11 is 0. The van der Waals surface area contributed by atoms with Crippen LogP contribution in [0.2, 0.25) is 0 Å². The number of nitrogen functional groups attached to an aromatic ring is 1. The lowest BCUT2D eigenvalue weighted by molar-refractivity contribution is 0.386. The molecule has 0 saturated heterocycles. The Morgan fingerprint density at radius 2 is 2.05 bits per heavy atom. The third kappa shape index (κ3) is 2.38. The van der Waals surface area contributed by atoms with Gasteiger partial charge in [-0.1, -0.05) is 23.4 Å². The van der Waals surface area contributed by atoms with Crippen molar-refractivity contribution in [2.24, 2.45) is 0 Å². The van der Waals surface area contributed by atoms with E-state index < -0.39 is 0 Å². The molecule has 0 saturated carbocycles. The summed E-state index contributed by atoms with van der Waals surface area (Å²) in [4.78, 5) is 8.47. The Kier molecular flexibility index (Phi) is 3.16. The van der Waals surface area contributed by atoms with Crippen molar-refractivity contribution in [1.82, 2.24) is 15.1 Å². The second-order valence-corrected chi connectivity index (χ2v) is 4.58. The molecule has 20 heavy (non-hydrogen) atoms. The van der Waals surface area contributed by atoms with Gasteiger partial charge >= 0.3 is 0 Å². The van der Waals surface area contributed by atoms with Crippen LogP contribution in [0.15, 0.2) is 47.2 Å². The topological polar surface area (TPSA) is 77.8 Å². The fourth-order valence-corrected chi connectivity index (χ4v) is 2.02. The summed E-state index contributed by atoms with van der Waals surface area (Å²) in [7, 11) is 0. The summed E-state index contributed by atoms with van der Waals surface area (Å²) in [5.41, 5.74) is 9.56. The van der Waals surface area contributed by atoms with Gasteiger partial charge in [0.1, 0.15) is 0 Å². The number of aromatic nitrogens is 3. The Balaban J connectivity index is 1.88. The summed E-state index contributed by atoms with van der Waals surface area (Å²) in [5.74, 6) is 1.13. The van der Waals surface area contributed by atoms with Crippen molar-refractivity contribution in [2.75, 3.05) is 5.73 Å². The molecular formula is C15H14N4O. The standard InChI is InChI=1S/C15H14N4O/c1-10-9-17-7-6-12(10)15-18-14(20-19-15)8-11-4-2-3-5-13(11)16/h2-7,9H,8,16H2,1H3. The fourth-order valence-electron chi connectivity index (χ4n) is 2.02. The maximum absolute atomic E-state index is 5.91.